The summed E-state index contributed by atoms with van der Waals surface area (Å²) < 4.78 is 0. The molecule has 1 heterocycles. The molecule has 0 saturated heterocycles. The minimum absolute atomic E-state index is 0.0167. The lowest BCUT2D eigenvalue weighted by molar-refractivity contribution is -0.122. The normalized spacial score (nSPS) is 24.7. The van der Waals surface area contributed by atoms with Gasteiger partial charge in [0.1, 0.15) is 0 Å². The van der Waals surface area contributed by atoms with Crippen molar-refractivity contribution in [2.45, 2.75) is 39.2 Å². The van der Waals surface area contributed by atoms with Crippen LogP contribution in [0.4, 0.5) is 0 Å². The first kappa shape index (κ1) is 12.4. The van der Waals surface area contributed by atoms with Crippen molar-refractivity contribution < 1.29 is 4.79 Å². The van der Waals surface area contributed by atoms with Crippen LogP contribution in [0.2, 0.25) is 0 Å². The Morgan fingerprint density at radius 1 is 1.32 bits per heavy atom. The van der Waals surface area contributed by atoms with E-state index in [4.69, 9.17) is 5.73 Å². The third-order valence-electron chi connectivity index (χ3n) is 3.98. The van der Waals surface area contributed by atoms with Gasteiger partial charge in [-0.1, -0.05) is 26.0 Å². The van der Waals surface area contributed by atoms with E-state index in [1.807, 2.05) is 0 Å². The molecule has 0 spiro atoms. The Morgan fingerprint density at radius 3 is 2.79 bits per heavy atom. The Balaban J connectivity index is 1.99. The molecule has 100 valence electrons. The largest absolute Gasteiger partial charge is 0.327 e. The fourth-order valence-corrected chi connectivity index (χ4v) is 3.05. The zero-order valence-corrected chi connectivity index (χ0v) is 11.4. The summed E-state index contributed by atoms with van der Waals surface area (Å²) in [6, 6.07) is 6.66. The van der Waals surface area contributed by atoms with Gasteiger partial charge in [0, 0.05) is 17.9 Å². The Kier molecular flexibility index (Phi) is 2.71. The van der Waals surface area contributed by atoms with Gasteiger partial charge in [-0.3, -0.25) is 4.79 Å². The molecule has 4 nitrogen and oxygen atoms in total. The number of amides is 1. The molecule has 1 aliphatic heterocycles. The van der Waals surface area contributed by atoms with E-state index in [0.29, 0.717) is 6.42 Å². The number of hydrogen-bond acceptors (Lipinski definition) is 3. The van der Waals surface area contributed by atoms with Crippen molar-refractivity contribution in [1.29, 1.82) is 0 Å². The van der Waals surface area contributed by atoms with Gasteiger partial charge in [-0.05, 0) is 35.6 Å². The van der Waals surface area contributed by atoms with Crippen LogP contribution in [0.25, 0.3) is 0 Å². The quantitative estimate of drug-likeness (QED) is 0.797. The maximum atomic E-state index is 11.5. The molecule has 2 aliphatic rings. The highest BCUT2D eigenvalue weighted by Gasteiger charge is 2.33. The van der Waals surface area contributed by atoms with Gasteiger partial charge in [0.15, 0.2) is 0 Å². The first-order valence-electron chi connectivity index (χ1n) is 6.70. The summed E-state index contributed by atoms with van der Waals surface area (Å²) in [4.78, 5) is 11.5. The van der Waals surface area contributed by atoms with E-state index in [1.54, 1.807) is 0 Å². The summed E-state index contributed by atoms with van der Waals surface area (Å²) in [6.45, 7) is 4.12. The average molecular weight is 257 g/mol. The van der Waals surface area contributed by atoms with E-state index >= 15 is 0 Å². The van der Waals surface area contributed by atoms with Crippen molar-refractivity contribution in [3.8, 4) is 0 Å². The van der Waals surface area contributed by atoms with Crippen molar-refractivity contribution in [1.82, 2.24) is 5.43 Å². The maximum absolute atomic E-state index is 11.5. The molecule has 4 heteroatoms. The molecule has 0 radical (unpaired) electrons. The third-order valence-corrected chi connectivity index (χ3v) is 3.98. The lowest BCUT2D eigenvalue weighted by Gasteiger charge is -2.29. The number of carbonyl (C=O) groups excluding carboxylic acids is 1. The fraction of sp³-hybridized carbons (Fsp3) is 0.467. The summed E-state index contributed by atoms with van der Waals surface area (Å²) in [5, 5.41) is 4.26. The molecule has 3 rings (SSSR count). The molecule has 1 atom stereocenters. The van der Waals surface area contributed by atoms with Crippen molar-refractivity contribution >= 4 is 11.6 Å². The zero-order valence-electron chi connectivity index (χ0n) is 11.4. The number of nitrogens with zero attached hydrogens (tertiary/aromatic N) is 1. The van der Waals surface area contributed by atoms with Gasteiger partial charge in [-0.25, -0.2) is 5.43 Å². The lowest BCUT2D eigenvalue weighted by atomic mass is 9.79. The number of hydrogen-bond donors (Lipinski definition) is 2. The number of hydrazone groups is 1. The van der Waals surface area contributed by atoms with Crippen LogP contribution in [0.1, 0.15) is 37.0 Å². The Bertz CT molecular complexity index is 575. The molecule has 1 aromatic rings. The van der Waals surface area contributed by atoms with Crippen LogP contribution in [0.3, 0.4) is 0 Å². The van der Waals surface area contributed by atoms with Gasteiger partial charge in [0.2, 0.25) is 5.91 Å². The fourth-order valence-electron chi connectivity index (χ4n) is 3.05. The van der Waals surface area contributed by atoms with E-state index in [2.05, 4.69) is 42.6 Å². The maximum Gasteiger partial charge on any atom is 0.241 e. The summed E-state index contributed by atoms with van der Waals surface area (Å²) in [5.41, 5.74) is 13.1. The highest BCUT2D eigenvalue weighted by Crippen LogP contribution is 2.31. The Labute approximate surface area is 113 Å². The molecule has 1 unspecified atom stereocenters. The zero-order chi connectivity index (χ0) is 13.6. The third kappa shape index (κ3) is 2.16. The number of rotatable bonds is 1. The minimum Gasteiger partial charge on any atom is -0.327 e. The highest BCUT2D eigenvalue weighted by atomic mass is 16.2. The number of carbonyl (C=O) groups is 1. The Morgan fingerprint density at radius 2 is 2.05 bits per heavy atom. The van der Waals surface area contributed by atoms with Gasteiger partial charge in [-0.15, -0.1) is 0 Å². The monoisotopic (exact) mass is 257 g/mol. The van der Waals surface area contributed by atoms with Crippen LogP contribution in [-0.4, -0.2) is 17.7 Å². The number of benzene rings is 1. The van der Waals surface area contributed by atoms with Crippen LogP contribution >= 0.6 is 0 Å². The van der Waals surface area contributed by atoms with E-state index in [0.717, 1.165) is 24.1 Å². The molecule has 0 aromatic heterocycles. The second-order valence-corrected chi connectivity index (χ2v) is 6.21. The molecule has 19 heavy (non-hydrogen) atoms. The highest BCUT2D eigenvalue weighted by molar-refractivity contribution is 6.08. The van der Waals surface area contributed by atoms with E-state index in [1.165, 1.54) is 11.1 Å². The van der Waals surface area contributed by atoms with Crippen LogP contribution in [0.5, 0.6) is 0 Å². The Hall–Kier alpha value is -1.68. The SMILES string of the molecule is CC1(C)CC(=O)NN=C1c1ccc2c(c1)CC(N)C2. The van der Waals surface area contributed by atoms with Gasteiger partial charge in [0.25, 0.3) is 0 Å². The van der Waals surface area contributed by atoms with Crippen molar-refractivity contribution in [2.24, 2.45) is 16.3 Å². The van der Waals surface area contributed by atoms with Crippen LogP contribution in [0.15, 0.2) is 23.3 Å². The molecule has 0 bridgehead atoms. The molecule has 3 N–H and O–H groups in total. The smallest absolute Gasteiger partial charge is 0.241 e. The molecule has 0 fully saturated rings. The summed E-state index contributed by atoms with van der Waals surface area (Å²) in [5.74, 6) is -0.0167. The molecule has 0 saturated carbocycles. The predicted molar refractivity (Wildman–Crippen MR) is 74.9 cm³/mol. The number of nitrogens with two attached hydrogens (primary N) is 1. The van der Waals surface area contributed by atoms with Crippen LogP contribution in [0, 0.1) is 5.41 Å². The van der Waals surface area contributed by atoms with Crippen molar-refractivity contribution in [3.05, 3.63) is 34.9 Å². The lowest BCUT2D eigenvalue weighted by Crippen LogP contribution is -2.39. The van der Waals surface area contributed by atoms with Gasteiger partial charge in [0.05, 0.1) is 5.71 Å². The van der Waals surface area contributed by atoms with Crippen molar-refractivity contribution in [3.63, 3.8) is 0 Å². The standard InChI is InChI=1S/C15H19N3O/c1-15(2)8-13(19)17-18-14(15)10-4-3-9-6-12(16)7-11(9)5-10/h3-5,12H,6-8,16H2,1-2H3,(H,17,19). The molecular formula is C15H19N3O. The topological polar surface area (TPSA) is 67.5 Å². The van der Waals surface area contributed by atoms with Gasteiger partial charge in [-0.2, -0.15) is 5.10 Å². The molecule has 1 aliphatic carbocycles. The molecule has 1 amide bonds. The summed E-state index contributed by atoms with van der Waals surface area (Å²) in [7, 11) is 0. The molecular weight excluding hydrogens is 238 g/mol. The average Bonchev–Trinajstić information content (AvgIpc) is 2.66. The first-order chi connectivity index (χ1) is 8.95. The van der Waals surface area contributed by atoms with E-state index in [9.17, 15) is 4.79 Å². The van der Waals surface area contributed by atoms with Gasteiger partial charge < -0.3 is 5.73 Å². The van der Waals surface area contributed by atoms with Crippen molar-refractivity contribution in [2.75, 3.05) is 0 Å². The second kappa shape index (κ2) is 4.17. The van der Waals surface area contributed by atoms with Crippen LogP contribution in [-0.2, 0) is 17.6 Å². The minimum atomic E-state index is -0.225. The predicted octanol–water partition coefficient (Wildman–Crippen LogP) is 1.36. The van der Waals surface area contributed by atoms with Gasteiger partial charge >= 0.3 is 0 Å². The van der Waals surface area contributed by atoms with E-state index in [-0.39, 0.29) is 17.4 Å². The molecule has 1 aromatic carbocycles. The van der Waals surface area contributed by atoms with Crippen LogP contribution < -0.4 is 11.2 Å². The summed E-state index contributed by atoms with van der Waals surface area (Å²) >= 11 is 0. The number of fused-ring (bicyclic) bond motifs is 1. The number of nitrogens with one attached hydrogen (secondary N) is 1. The van der Waals surface area contributed by atoms with E-state index < -0.39 is 0 Å². The summed E-state index contributed by atoms with van der Waals surface area (Å²) in [6.07, 6.45) is 2.37. The second-order valence-electron chi connectivity index (χ2n) is 6.21. The first-order valence-corrected chi connectivity index (χ1v) is 6.70.